The van der Waals surface area contributed by atoms with Crippen molar-refractivity contribution in [1.82, 2.24) is 10.3 Å². The smallest absolute Gasteiger partial charge is 0.251 e. The highest BCUT2D eigenvalue weighted by molar-refractivity contribution is 7.89. The van der Waals surface area contributed by atoms with Crippen LogP contribution in [0.1, 0.15) is 26.6 Å². The molecule has 0 radical (unpaired) electrons. The monoisotopic (exact) mass is 417 g/mol. The van der Waals surface area contributed by atoms with Crippen LogP contribution in [0.2, 0.25) is 0 Å². The summed E-state index contributed by atoms with van der Waals surface area (Å²) in [6.07, 6.45) is 0. The van der Waals surface area contributed by atoms with Gasteiger partial charge in [0, 0.05) is 23.2 Å². The zero-order chi connectivity index (χ0) is 20.1. The first-order valence-corrected chi connectivity index (χ1v) is 10.8. The number of hydrogen-bond donors (Lipinski definition) is 2. The second-order valence-corrected chi connectivity index (χ2v) is 8.57. The van der Waals surface area contributed by atoms with Crippen molar-refractivity contribution in [2.75, 3.05) is 0 Å². The van der Waals surface area contributed by atoms with Crippen LogP contribution in [0.25, 0.3) is 0 Å². The Morgan fingerprint density at radius 2 is 1.82 bits per heavy atom. The number of amides is 1. The van der Waals surface area contributed by atoms with Gasteiger partial charge in [0.2, 0.25) is 10.0 Å². The number of hydrogen-bond acceptors (Lipinski definition) is 6. The summed E-state index contributed by atoms with van der Waals surface area (Å²) in [6, 6.07) is 12.9. The van der Waals surface area contributed by atoms with Gasteiger partial charge in [-0.25, -0.2) is 18.5 Å². The molecule has 1 amide bonds. The van der Waals surface area contributed by atoms with Gasteiger partial charge in [-0.2, -0.15) is 0 Å². The molecule has 0 atom stereocenters. The molecule has 0 saturated heterocycles. The largest absolute Gasteiger partial charge is 0.486 e. The number of ether oxygens (including phenoxy) is 1. The summed E-state index contributed by atoms with van der Waals surface area (Å²) in [6.45, 7) is 2.59. The second kappa shape index (κ2) is 8.51. The zero-order valence-electron chi connectivity index (χ0n) is 15.1. The number of thiazole rings is 1. The Hall–Kier alpha value is -2.75. The molecule has 0 saturated carbocycles. The van der Waals surface area contributed by atoms with Crippen molar-refractivity contribution in [3.05, 3.63) is 75.7 Å². The van der Waals surface area contributed by atoms with Crippen LogP contribution in [0, 0.1) is 6.92 Å². The Labute approximate surface area is 167 Å². The van der Waals surface area contributed by atoms with Crippen molar-refractivity contribution in [2.24, 2.45) is 5.14 Å². The van der Waals surface area contributed by atoms with E-state index in [1.54, 1.807) is 47.7 Å². The maximum absolute atomic E-state index is 12.3. The number of nitrogens with one attached hydrogen (secondary N) is 1. The Morgan fingerprint density at radius 3 is 2.39 bits per heavy atom. The molecule has 1 aromatic heterocycles. The van der Waals surface area contributed by atoms with Gasteiger partial charge in [0.05, 0.1) is 4.90 Å². The molecular weight excluding hydrogens is 398 g/mol. The van der Waals surface area contributed by atoms with Crippen LogP contribution < -0.4 is 15.2 Å². The summed E-state index contributed by atoms with van der Waals surface area (Å²) in [5.74, 6) is 0.417. The molecule has 3 aromatic rings. The van der Waals surface area contributed by atoms with Gasteiger partial charge < -0.3 is 10.1 Å². The number of carbonyl (C=O) groups is 1. The van der Waals surface area contributed by atoms with Gasteiger partial charge in [-0.1, -0.05) is 12.1 Å². The summed E-state index contributed by atoms with van der Waals surface area (Å²) in [5.41, 5.74) is 2.23. The molecule has 28 heavy (non-hydrogen) atoms. The second-order valence-electron chi connectivity index (χ2n) is 6.07. The number of rotatable bonds is 7. The van der Waals surface area contributed by atoms with Crippen LogP contribution in [0.4, 0.5) is 0 Å². The van der Waals surface area contributed by atoms with Crippen molar-refractivity contribution in [2.45, 2.75) is 25.0 Å². The molecular formula is C19H19N3O4S2. The lowest BCUT2D eigenvalue weighted by molar-refractivity contribution is 0.0951. The molecule has 0 aliphatic heterocycles. The first kappa shape index (κ1) is 20.0. The third-order valence-corrected chi connectivity index (χ3v) is 5.72. The van der Waals surface area contributed by atoms with E-state index in [-0.39, 0.29) is 17.3 Å². The fourth-order valence-corrected chi connectivity index (χ4v) is 3.60. The number of nitrogens with zero attached hydrogens (tertiary/aromatic N) is 1. The fraction of sp³-hybridized carbons (Fsp3) is 0.158. The van der Waals surface area contributed by atoms with Gasteiger partial charge in [0.1, 0.15) is 17.4 Å². The molecule has 0 spiro atoms. The third kappa shape index (κ3) is 5.38. The van der Waals surface area contributed by atoms with E-state index >= 15 is 0 Å². The molecule has 146 valence electrons. The lowest BCUT2D eigenvalue weighted by Gasteiger charge is -2.08. The number of carbonyl (C=O) groups excluding carboxylic acids is 1. The quantitative estimate of drug-likeness (QED) is 0.614. The molecule has 3 rings (SSSR count). The van der Waals surface area contributed by atoms with Crippen molar-refractivity contribution in [3.8, 4) is 5.75 Å². The maximum Gasteiger partial charge on any atom is 0.251 e. The minimum Gasteiger partial charge on any atom is -0.486 e. The molecule has 0 fully saturated rings. The van der Waals surface area contributed by atoms with E-state index in [0.29, 0.717) is 17.9 Å². The van der Waals surface area contributed by atoms with E-state index in [0.717, 1.165) is 16.3 Å². The molecule has 3 N–H and O–H groups in total. The number of benzene rings is 2. The summed E-state index contributed by atoms with van der Waals surface area (Å²) in [4.78, 5) is 16.6. The van der Waals surface area contributed by atoms with Gasteiger partial charge >= 0.3 is 0 Å². The fourth-order valence-electron chi connectivity index (χ4n) is 2.40. The van der Waals surface area contributed by atoms with Gasteiger partial charge in [-0.15, -0.1) is 11.3 Å². The van der Waals surface area contributed by atoms with Crippen molar-refractivity contribution in [1.29, 1.82) is 0 Å². The summed E-state index contributed by atoms with van der Waals surface area (Å²) in [7, 11) is -3.72. The van der Waals surface area contributed by atoms with Crippen molar-refractivity contribution < 1.29 is 17.9 Å². The van der Waals surface area contributed by atoms with E-state index in [9.17, 15) is 13.2 Å². The first-order valence-electron chi connectivity index (χ1n) is 8.35. The van der Waals surface area contributed by atoms with Gasteiger partial charge in [-0.3, -0.25) is 4.79 Å². The standard InChI is InChI=1S/C19H19N3O4S2/c1-13-12-27-18(22-13)11-26-16-6-4-15(5-7-16)19(23)21-10-14-2-8-17(9-3-14)28(20,24)25/h2-9,12H,10-11H2,1H3,(H,21,23)(H2,20,24,25). The van der Waals surface area contributed by atoms with Gasteiger partial charge in [0.25, 0.3) is 5.91 Å². The average Bonchev–Trinajstić information content (AvgIpc) is 3.10. The molecule has 0 unspecified atom stereocenters. The topological polar surface area (TPSA) is 111 Å². The Kier molecular flexibility index (Phi) is 6.08. The van der Waals surface area contributed by atoms with Crippen molar-refractivity contribution >= 4 is 27.3 Å². The average molecular weight is 418 g/mol. The Morgan fingerprint density at radius 1 is 1.14 bits per heavy atom. The number of sulfonamides is 1. The Bertz CT molecular complexity index is 1060. The molecule has 0 bridgehead atoms. The highest BCUT2D eigenvalue weighted by atomic mass is 32.2. The van der Waals surface area contributed by atoms with Gasteiger partial charge in [0.15, 0.2) is 0 Å². The third-order valence-electron chi connectivity index (χ3n) is 3.85. The van der Waals surface area contributed by atoms with E-state index in [1.807, 2.05) is 12.3 Å². The van der Waals surface area contributed by atoms with Crippen LogP contribution in [-0.4, -0.2) is 19.3 Å². The predicted molar refractivity (Wildman–Crippen MR) is 107 cm³/mol. The number of aryl methyl sites for hydroxylation is 1. The number of primary sulfonamides is 1. The number of aromatic nitrogens is 1. The molecule has 9 heteroatoms. The van der Waals surface area contributed by atoms with Crippen molar-refractivity contribution in [3.63, 3.8) is 0 Å². The molecule has 0 aliphatic carbocycles. The van der Waals surface area contributed by atoms with Gasteiger partial charge in [-0.05, 0) is 48.9 Å². The SMILES string of the molecule is Cc1csc(COc2ccc(C(=O)NCc3ccc(S(N)(=O)=O)cc3)cc2)n1. The Balaban J connectivity index is 1.53. The van der Waals surface area contributed by atoms with E-state index in [4.69, 9.17) is 9.88 Å². The maximum atomic E-state index is 12.3. The lowest BCUT2D eigenvalue weighted by Crippen LogP contribution is -2.22. The molecule has 1 heterocycles. The van der Waals surface area contributed by atoms with E-state index in [1.165, 1.54) is 12.1 Å². The van der Waals surface area contributed by atoms with Crippen LogP contribution in [0.3, 0.4) is 0 Å². The van der Waals surface area contributed by atoms with Crippen LogP contribution in [0.5, 0.6) is 5.75 Å². The lowest BCUT2D eigenvalue weighted by atomic mass is 10.2. The molecule has 2 aromatic carbocycles. The van der Waals surface area contributed by atoms with E-state index in [2.05, 4.69) is 10.3 Å². The summed E-state index contributed by atoms with van der Waals surface area (Å²) < 4.78 is 28.2. The highest BCUT2D eigenvalue weighted by Gasteiger charge is 2.09. The summed E-state index contributed by atoms with van der Waals surface area (Å²) in [5, 5.41) is 10.7. The number of nitrogens with two attached hydrogens (primary N) is 1. The minimum absolute atomic E-state index is 0.0334. The normalized spacial score (nSPS) is 11.2. The zero-order valence-corrected chi connectivity index (χ0v) is 16.7. The molecule has 0 aliphatic rings. The summed E-state index contributed by atoms with van der Waals surface area (Å²) >= 11 is 1.54. The van der Waals surface area contributed by atoms with Crippen LogP contribution in [-0.2, 0) is 23.2 Å². The minimum atomic E-state index is -3.72. The van der Waals surface area contributed by atoms with E-state index < -0.39 is 10.0 Å². The van der Waals surface area contributed by atoms with Crippen LogP contribution in [0.15, 0.2) is 58.8 Å². The first-order chi connectivity index (χ1) is 13.3. The molecule has 7 nitrogen and oxygen atoms in total. The van der Waals surface area contributed by atoms with Crippen LogP contribution >= 0.6 is 11.3 Å². The highest BCUT2D eigenvalue weighted by Crippen LogP contribution is 2.16. The predicted octanol–water partition coefficient (Wildman–Crippen LogP) is 2.61.